The third-order valence-electron chi connectivity index (χ3n) is 5.11. The molecule has 2 aromatic rings. The van der Waals surface area contributed by atoms with Gasteiger partial charge in [0.25, 0.3) is 0 Å². The number of carboxylic acid groups (broad SMARTS) is 1. The molecular formula is C22H25BrN2O4. The molecule has 1 atom stereocenters. The third-order valence-corrected chi connectivity index (χ3v) is 5.60. The molecule has 7 heteroatoms. The van der Waals surface area contributed by atoms with Crippen LogP contribution in [0.5, 0.6) is 0 Å². The molecule has 3 rings (SSSR count). The molecule has 0 saturated carbocycles. The fraction of sp³-hybridized carbons (Fsp3) is 0.364. The minimum absolute atomic E-state index is 0.0913. The van der Waals surface area contributed by atoms with E-state index in [2.05, 4.69) is 15.9 Å². The van der Waals surface area contributed by atoms with Crippen LogP contribution in [0.3, 0.4) is 0 Å². The molecule has 6 nitrogen and oxygen atoms in total. The molecule has 0 bridgehead atoms. The summed E-state index contributed by atoms with van der Waals surface area (Å²) in [6.07, 6.45) is 1.84. The maximum atomic E-state index is 12.3. The normalized spacial score (nSPS) is 15.7. The van der Waals surface area contributed by atoms with Crippen molar-refractivity contribution in [3.63, 3.8) is 0 Å². The molecule has 2 N–H and O–H groups in total. The standard InChI is InChI=1S/C22H25BrN2O4/c23-19-3-1-2-17(14-19)15-20(26)9-11-24-12-10-21(27)25(24)13-8-16-4-6-18(7-5-16)22(28)29/h1-7,14,20,26H,8-13,15H2,(H,28,29)/t20-/m1/s1. The fourth-order valence-electron chi connectivity index (χ4n) is 3.52. The van der Waals surface area contributed by atoms with E-state index in [1.165, 1.54) is 0 Å². The second kappa shape index (κ2) is 10.0. The van der Waals surface area contributed by atoms with Gasteiger partial charge in [0.1, 0.15) is 0 Å². The van der Waals surface area contributed by atoms with Crippen LogP contribution in [0.4, 0.5) is 0 Å². The molecule has 29 heavy (non-hydrogen) atoms. The Kier molecular flexibility index (Phi) is 7.41. The maximum Gasteiger partial charge on any atom is 0.335 e. The van der Waals surface area contributed by atoms with Crippen LogP contribution in [-0.2, 0) is 17.6 Å². The van der Waals surface area contributed by atoms with Crippen LogP contribution < -0.4 is 0 Å². The Morgan fingerprint density at radius 2 is 1.86 bits per heavy atom. The van der Waals surface area contributed by atoms with E-state index in [0.29, 0.717) is 45.3 Å². The van der Waals surface area contributed by atoms with Crippen LogP contribution in [0.15, 0.2) is 53.0 Å². The van der Waals surface area contributed by atoms with Crippen molar-refractivity contribution in [1.82, 2.24) is 10.0 Å². The Hall–Kier alpha value is -2.22. The summed E-state index contributed by atoms with van der Waals surface area (Å²) in [4.78, 5) is 23.2. The molecule has 1 saturated heterocycles. The van der Waals surface area contributed by atoms with Gasteiger partial charge in [-0.2, -0.15) is 0 Å². The first kappa shape index (κ1) is 21.5. The van der Waals surface area contributed by atoms with Crippen molar-refractivity contribution in [2.24, 2.45) is 0 Å². The third kappa shape index (κ3) is 6.13. The van der Waals surface area contributed by atoms with Crippen molar-refractivity contribution in [3.8, 4) is 0 Å². The lowest BCUT2D eigenvalue weighted by atomic mass is 10.1. The van der Waals surface area contributed by atoms with Gasteiger partial charge < -0.3 is 10.2 Å². The van der Waals surface area contributed by atoms with Gasteiger partial charge in [0, 0.05) is 30.5 Å². The second-order valence-corrected chi connectivity index (χ2v) is 8.16. The van der Waals surface area contributed by atoms with Gasteiger partial charge in [-0.05, 0) is 54.7 Å². The number of amides is 1. The molecule has 0 spiro atoms. The zero-order chi connectivity index (χ0) is 20.8. The van der Waals surface area contributed by atoms with Crippen LogP contribution in [0.2, 0.25) is 0 Å². The van der Waals surface area contributed by atoms with E-state index in [1.807, 2.05) is 29.3 Å². The lowest BCUT2D eigenvalue weighted by Gasteiger charge is -2.28. The number of carbonyl (C=O) groups is 2. The number of aliphatic hydroxyl groups is 1. The van der Waals surface area contributed by atoms with Crippen LogP contribution in [0, 0.1) is 0 Å². The van der Waals surface area contributed by atoms with Gasteiger partial charge in [0.2, 0.25) is 5.91 Å². The molecule has 1 amide bonds. The molecule has 0 aliphatic carbocycles. The van der Waals surface area contributed by atoms with Gasteiger partial charge in [-0.25, -0.2) is 9.80 Å². The number of nitrogens with zero attached hydrogens (tertiary/aromatic N) is 2. The summed E-state index contributed by atoms with van der Waals surface area (Å²) in [7, 11) is 0. The number of carboxylic acids is 1. The molecular weight excluding hydrogens is 436 g/mol. The van der Waals surface area contributed by atoms with E-state index < -0.39 is 12.1 Å². The first-order chi connectivity index (χ1) is 13.9. The topological polar surface area (TPSA) is 81.1 Å². The summed E-state index contributed by atoms with van der Waals surface area (Å²) in [5.74, 6) is -0.854. The lowest BCUT2D eigenvalue weighted by Crippen LogP contribution is -2.41. The highest BCUT2D eigenvalue weighted by atomic mass is 79.9. The highest BCUT2D eigenvalue weighted by Crippen LogP contribution is 2.17. The number of hydrogen-bond acceptors (Lipinski definition) is 4. The Labute approximate surface area is 178 Å². The summed E-state index contributed by atoms with van der Waals surface area (Å²) in [5, 5.41) is 23.1. The van der Waals surface area contributed by atoms with Crippen molar-refractivity contribution in [3.05, 3.63) is 69.7 Å². The minimum Gasteiger partial charge on any atom is -0.478 e. The van der Waals surface area contributed by atoms with Crippen LogP contribution >= 0.6 is 15.9 Å². The van der Waals surface area contributed by atoms with Crippen molar-refractivity contribution < 1.29 is 19.8 Å². The molecule has 154 valence electrons. The summed E-state index contributed by atoms with van der Waals surface area (Å²) < 4.78 is 0.995. The summed E-state index contributed by atoms with van der Waals surface area (Å²) >= 11 is 3.44. The number of rotatable bonds is 9. The molecule has 0 aromatic heterocycles. The Bertz CT molecular complexity index is 856. The lowest BCUT2D eigenvalue weighted by molar-refractivity contribution is -0.138. The predicted molar refractivity (Wildman–Crippen MR) is 113 cm³/mol. The van der Waals surface area contributed by atoms with Crippen LogP contribution in [-0.4, -0.2) is 57.8 Å². The number of hydrogen-bond donors (Lipinski definition) is 2. The minimum atomic E-state index is -0.945. The fourth-order valence-corrected chi connectivity index (χ4v) is 3.96. The number of aromatic carboxylic acids is 1. The summed E-state index contributed by atoms with van der Waals surface area (Å²) in [6.45, 7) is 1.84. The highest BCUT2D eigenvalue weighted by Gasteiger charge is 2.28. The second-order valence-electron chi connectivity index (χ2n) is 7.25. The average Bonchev–Trinajstić information content (AvgIpc) is 3.04. The Morgan fingerprint density at radius 1 is 1.10 bits per heavy atom. The SMILES string of the molecule is O=C(O)c1ccc(CCN2C(=O)CCN2CC[C@@H](O)Cc2cccc(Br)c2)cc1. The zero-order valence-electron chi connectivity index (χ0n) is 16.1. The summed E-state index contributed by atoms with van der Waals surface area (Å²) in [6, 6.07) is 14.7. The van der Waals surface area contributed by atoms with E-state index in [9.17, 15) is 14.7 Å². The maximum absolute atomic E-state index is 12.3. The van der Waals surface area contributed by atoms with Gasteiger partial charge in [-0.15, -0.1) is 0 Å². The first-order valence-electron chi connectivity index (χ1n) is 9.72. The Balaban J connectivity index is 1.49. The molecule has 1 heterocycles. The predicted octanol–water partition coefficient (Wildman–Crippen LogP) is 3.13. The number of hydrazine groups is 1. The first-order valence-corrected chi connectivity index (χ1v) is 10.5. The van der Waals surface area contributed by atoms with Crippen molar-refractivity contribution in [2.75, 3.05) is 19.6 Å². The van der Waals surface area contributed by atoms with E-state index >= 15 is 0 Å². The van der Waals surface area contributed by atoms with Gasteiger partial charge in [0.05, 0.1) is 11.7 Å². The number of carbonyl (C=O) groups excluding carboxylic acids is 1. The smallest absolute Gasteiger partial charge is 0.335 e. The van der Waals surface area contributed by atoms with Crippen molar-refractivity contribution >= 4 is 27.8 Å². The molecule has 0 unspecified atom stereocenters. The largest absolute Gasteiger partial charge is 0.478 e. The number of aliphatic hydroxyl groups excluding tert-OH is 1. The van der Waals surface area contributed by atoms with Gasteiger partial charge in [0.15, 0.2) is 0 Å². The average molecular weight is 461 g/mol. The van der Waals surface area contributed by atoms with Crippen LogP contribution in [0.1, 0.15) is 34.3 Å². The van der Waals surface area contributed by atoms with E-state index in [4.69, 9.17) is 5.11 Å². The van der Waals surface area contributed by atoms with Crippen LogP contribution in [0.25, 0.3) is 0 Å². The Morgan fingerprint density at radius 3 is 2.55 bits per heavy atom. The van der Waals surface area contributed by atoms with Crippen molar-refractivity contribution in [1.29, 1.82) is 0 Å². The van der Waals surface area contributed by atoms with Crippen molar-refractivity contribution in [2.45, 2.75) is 31.8 Å². The number of benzene rings is 2. The molecule has 0 radical (unpaired) electrons. The molecule has 1 aliphatic rings. The summed E-state index contributed by atoms with van der Waals surface area (Å²) in [5.41, 5.74) is 2.32. The highest BCUT2D eigenvalue weighted by molar-refractivity contribution is 9.10. The van der Waals surface area contributed by atoms with Gasteiger partial charge >= 0.3 is 5.97 Å². The molecule has 1 aliphatic heterocycles. The van der Waals surface area contributed by atoms with E-state index in [0.717, 1.165) is 15.6 Å². The number of halogens is 1. The van der Waals surface area contributed by atoms with E-state index in [1.54, 1.807) is 29.3 Å². The van der Waals surface area contributed by atoms with Gasteiger partial charge in [-0.3, -0.25) is 9.80 Å². The monoisotopic (exact) mass is 460 g/mol. The zero-order valence-corrected chi connectivity index (χ0v) is 17.7. The van der Waals surface area contributed by atoms with E-state index in [-0.39, 0.29) is 11.5 Å². The quantitative estimate of drug-likeness (QED) is 0.600. The van der Waals surface area contributed by atoms with Gasteiger partial charge in [-0.1, -0.05) is 40.2 Å². The molecule has 2 aromatic carbocycles. The molecule has 1 fully saturated rings.